The Bertz CT molecular complexity index is 419. The van der Waals surface area contributed by atoms with Gasteiger partial charge in [-0.1, -0.05) is 6.07 Å². The van der Waals surface area contributed by atoms with Gasteiger partial charge in [0, 0.05) is 24.7 Å². The summed E-state index contributed by atoms with van der Waals surface area (Å²) in [5.74, 6) is -1.10. The molecule has 86 valence electrons. The number of rotatable bonds is 3. The van der Waals surface area contributed by atoms with E-state index in [1.807, 2.05) is 11.8 Å². The van der Waals surface area contributed by atoms with Crippen LogP contribution in [0.4, 0.5) is 10.1 Å². The van der Waals surface area contributed by atoms with Crippen LogP contribution >= 0.6 is 0 Å². The molecule has 1 aliphatic heterocycles. The minimum Gasteiger partial charge on any atom is -0.481 e. The van der Waals surface area contributed by atoms with Crippen LogP contribution in [0.2, 0.25) is 0 Å². The quantitative estimate of drug-likeness (QED) is 0.854. The molecule has 1 atom stereocenters. The number of anilines is 1. The molecule has 1 aromatic rings. The van der Waals surface area contributed by atoms with Crippen LogP contribution in [0.5, 0.6) is 0 Å². The molecule has 0 spiro atoms. The zero-order valence-electron chi connectivity index (χ0n) is 9.11. The number of carboxylic acid groups (broad SMARTS) is 1. The summed E-state index contributed by atoms with van der Waals surface area (Å²) < 4.78 is 13.1. The molecule has 4 heteroatoms. The third-order valence-electron chi connectivity index (χ3n) is 3.02. The van der Waals surface area contributed by atoms with Gasteiger partial charge >= 0.3 is 5.97 Å². The fourth-order valence-electron chi connectivity index (χ4n) is 2.28. The molecule has 2 rings (SSSR count). The molecular formula is C12H14FNO2. The highest BCUT2D eigenvalue weighted by molar-refractivity contribution is 5.71. The number of nitrogens with zero attached hydrogens (tertiary/aromatic N) is 1. The summed E-state index contributed by atoms with van der Waals surface area (Å²) in [5.41, 5.74) is 1.79. The maximum absolute atomic E-state index is 13.1. The second kappa shape index (κ2) is 4.12. The number of carboxylic acids is 1. The van der Waals surface area contributed by atoms with Gasteiger partial charge in [0.05, 0.1) is 6.42 Å². The molecule has 0 fully saturated rings. The van der Waals surface area contributed by atoms with E-state index < -0.39 is 5.97 Å². The van der Waals surface area contributed by atoms with Gasteiger partial charge in [-0.3, -0.25) is 4.79 Å². The molecule has 0 saturated heterocycles. The summed E-state index contributed by atoms with van der Waals surface area (Å²) in [4.78, 5) is 12.8. The average Bonchev–Trinajstić information content (AvgIpc) is 2.55. The van der Waals surface area contributed by atoms with Crippen molar-refractivity contribution in [1.82, 2.24) is 0 Å². The molecule has 1 N–H and O–H groups in total. The van der Waals surface area contributed by atoms with Gasteiger partial charge in [0.25, 0.3) is 0 Å². The van der Waals surface area contributed by atoms with Gasteiger partial charge in [-0.2, -0.15) is 0 Å². The van der Waals surface area contributed by atoms with Gasteiger partial charge in [0.15, 0.2) is 0 Å². The molecule has 1 aromatic carbocycles. The largest absolute Gasteiger partial charge is 0.481 e. The van der Waals surface area contributed by atoms with Crippen LogP contribution in [0.3, 0.4) is 0 Å². The Balaban J connectivity index is 2.34. The van der Waals surface area contributed by atoms with E-state index in [1.165, 1.54) is 12.1 Å². The highest BCUT2D eigenvalue weighted by Gasteiger charge is 2.29. The van der Waals surface area contributed by atoms with Crippen molar-refractivity contribution in [2.24, 2.45) is 0 Å². The number of fused-ring (bicyclic) bond motifs is 1. The molecule has 0 bridgehead atoms. The normalized spacial score (nSPS) is 18.6. The van der Waals surface area contributed by atoms with Crippen LogP contribution in [-0.4, -0.2) is 24.2 Å². The Morgan fingerprint density at radius 2 is 2.38 bits per heavy atom. The molecule has 1 aliphatic rings. The van der Waals surface area contributed by atoms with Crippen LogP contribution in [0.1, 0.15) is 24.8 Å². The highest BCUT2D eigenvalue weighted by atomic mass is 19.1. The number of carbonyl (C=O) groups is 1. The monoisotopic (exact) mass is 223 g/mol. The first-order valence-corrected chi connectivity index (χ1v) is 5.38. The zero-order valence-corrected chi connectivity index (χ0v) is 9.11. The summed E-state index contributed by atoms with van der Waals surface area (Å²) in [6.45, 7) is 3.42. The Hall–Kier alpha value is -1.58. The van der Waals surface area contributed by atoms with Crippen molar-refractivity contribution >= 4 is 11.7 Å². The predicted octanol–water partition coefficient (Wildman–Crippen LogP) is 2.22. The van der Waals surface area contributed by atoms with Crippen molar-refractivity contribution in [3.05, 3.63) is 29.6 Å². The number of likely N-dealkylation sites (N-methyl/N-ethyl adjacent to an activating group) is 1. The standard InChI is InChI=1S/C12H14FNO2/c1-2-14-7-8(5-12(15)16)10-4-3-9(13)6-11(10)14/h3-4,6,8H,2,5,7H2,1H3,(H,15,16). The van der Waals surface area contributed by atoms with E-state index in [0.29, 0.717) is 6.54 Å². The molecule has 0 radical (unpaired) electrons. The Morgan fingerprint density at radius 1 is 1.62 bits per heavy atom. The summed E-state index contributed by atoms with van der Waals surface area (Å²) in [5, 5.41) is 8.82. The van der Waals surface area contributed by atoms with Gasteiger partial charge in [-0.05, 0) is 24.6 Å². The fourth-order valence-corrected chi connectivity index (χ4v) is 2.28. The molecule has 0 amide bonds. The summed E-state index contributed by atoms with van der Waals surface area (Å²) in [6, 6.07) is 4.58. The number of halogens is 1. The second-order valence-electron chi connectivity index (χ2n) is 4.04. The minimum absolute atomic E-state index is 0.0203. The first-order valence-electron chi connectivity index (χ1n) is 5.38. The maximum atomic E-state index is 13.1. The Labute approximate surface area is 93.5 Å². The van der Waals surface area contributed by atoms with Gasteiger partial charge in [-0.15, -0.1) is 0 Å². The lowest BCUT2D eigenvalue weighted by molar-refractivity contribution is -0.137. The molecule has 16 heavy (non-hydrogen) atoms. The van der Waals surface area contributed by atoms with Crippen molar-refractivity contribution < 1.29 is 14.3 Å². The Morgan fingerprint density at radius 3 is 3.00 bits per heavy atom. The molecule has 0 aromatic heterocycles. The maximum Gasteiger partial charge on any atom is 0.304 e. The number of benzene rings is 1. The lowest BCUT2D eigenvalue weighted by Gasteiger charge is -2.16. The number of hydrogen-bond acceptors (Lipinski definition) is 2. The van der Waals surface area contributed by atoms with E-state index >= 15 is 0 Å². The van der Waals surface area contributed by atoms with E-state index in [1.54, 1.807) is 6.07 Å². The predicted molar refractivity (Wildman–Crippen MR) is 59.3 cm³/mol. The lowest BCUT2D eigenvalue weighted by atomic mass is 9.98. The highest BCUT2D eigenvalue weighted by Crippen LogP contribution is 2.38. The molecule has 1 heterocycles. The summed E-state index contributed by atoms with van der Waals surface area (Å²) >= 11 is 0. The van der Waals surface area contributed by atoms with E-state index in [4.69, 9.17) is 5.11 Å². The third kappa shape index (κ3) is 1.87. The van der Waals surface area contributed by atoms with Crippen LogP contribution < -0.4 is 4.90 Å². The lowest BCUT2D eigenvalue weighted by Crippen LogP contribution is -2.21. The van der Waals surface area contributed by atoms with Crippen LogP contribution in [0, 0.1) is 5.82 Å². The van der Waals surface area contributed by atoms with E-state index in [0.717, 1.165) is 17.8 Å². The first-order chi connectivity index (χ1) is 7.61. The smallest absolute Gasteiger partial charge is 0.304 e. The minimum atomic E-state index is -0.807. The van der Waals surface area contributed by atoms with Gasteiger partial charge in [0.1, 0.15) is 5.82 Å². The molecule has 1 unspecified atom stereocenters. The Kier molecular flexibility index (Phi) is 2.81. The number of aliphatic carboxylic acids is 1. The van der Waals surface area contributed by atoms with E-state index in [2.05, 4.69) is 0 Å². The van der Waals surface area contributed by atoms with Gasteiger partial charge < -0.3 is 10.0 Å². The number of hydrogen-bond donors (Lipinski definition) is 1. The summed E-state index contributed by atoms with van der Waals surface area (Å²) in [6.07, 6.45) is 0.106. The van der Waals surface area contributed by atoms with Crippen molar-refractivity contribution in [2.45, 2.75) is 19.3 Å². The van der Waals surface area contributed by atoms with Crippen molar-refractivity contribution in [2.75, 3.05) is 18.0 Å². The first kappa shape index (κ1) is 10.9. The molecule has 3 nitrogen and oxygen atoms in total. The molecule has 0 saturated carbocycles. The zero-order chi connectivity index (χ0) is 11.7. The topological polar surface area (TPSA) is 40.5 Å². The van der Waals surface area contributed by atoms with Crippen molar-refractivity contribution in [3.63, 3.8) is 0 Å². The average molecular weight is 223 g/mol. The van der Waals surface area contributed by atoms with Gasteiger partial charge in [0.2, 0.25) is 0 Å². The van der Waals surface area contributed by atoms with E-state index in [9.17, 15) is 9.18 Å². The van der Waals surface area contributed by atoms with Gasteiger partial charge in [-0.25, -0.2) is 4.39 Å². The van der Waals surface area contributed by atoms with Crippen LogP contribution in [-0.2, 0) is 4.79 Å². The fraction of sp³-hybridized carbons (Fsp3) is 0.417. The SMILES string of the molecule is CCN1CC(CC(=O)O)c2ccc(F)cc21. The second-order valence-corrected chi connectivity index (χ2v) is 4.04. The van der Waals surface area contributed by atoms with Crippen molar-refractivity contribution in [3.8, 4) is 0 Å². The van der Waals surface area contributed by atoms with E-state index in [-0.39, 0.29) is 18.2 Å². The third-order valence-corrected chi connectivity index (χ3v) is 3.02. The molecule has 0 aliphatic carbocycles. The molecular weight excluding hydrogens is 209 g/mol. The van der Waals surface area contributed by atoms with Crippen LogP contribution in [0.15, 0.2) is 18.2 Å². The van der Waals surface area contributed by atoms with Crippen LogP contribution in [0.25, 0.3) is 0 Å². The summed E-state index contributed by atoms with van der Waals surface area (Å²) in [7, 11) is 0. The van der Waals surface area contributed by atoms with Crippen molar-refractivity contribution in [1.29, 1.82) is 0 Å².